The summed E-state index contributed by atoms with van der Waals surface area (Å²) >= 11 is 0. The van der Waals surface area contributed by atoms with E-state index in [1.54, 1.807) is 0 Å². The summed E-state index contributed by atoms with van der Waals surface area (Å²) in [6.07, 6.45) is 9.84. The van der Waals surface area contributed by atoms with E-state index in [0.29, 0.717) is 13.2 Å². The van der Waals surface area contributed by atoms with Crippen molar-refractivity contribution in [2.45, 2.75) is 83.7 Å². The van der Waals surface area contributed by atoms with Gasteiger partial charge in [0.05, 0.1) is 31.0 Å². The van der Waals surface area contributed by atoms with Gasteiger partial charge in [-0.15, -0.1) is 0 Å². The molecule has 32 heavy (non-hydrogen) atoms. The first kappa shape index (κ1) is 24.9. The molecule has 176 valence electrons. The number of hydrogen-bond acceptors (Lipinski definition) is 4. The molecule has 3 rings (SSSR count). The normalized spacial score (nSPS) is 32.6. The van der Waals surface area contributed by atoms with Crippen molar-refractivity contribution in [3.63, 3.8) is 0 Å². The lowest BCUT2D eigenvalue weighted by atomic mass is 9.87. The van der Waals surface area contributed by atoms with Gasteiger partial charge in [-0.2, -0.15) is 0 Å². The molecule has 1 fully saturated rings. The van der Waals surface area contributed by atoms with Gasteiger partial charge >= 0.3 is 0 Å². The highest BCUT2D eigenvalue weighted by Gasteiger charge is 2.50. The molecule has 0 aromatic heterocycles. The molecule has 1 N–H and O–H groups in total. The fourth-order valence-electron chi connectivity index (χ4n) is 4.52. The number of ether oxygens (including phenoxy) is 3. The molecule has 1 aromatic carbocycles. The van der Waals surface area contributed by atoms with Gasteiger partial charge in [0.1, 0.15) is 6.79 Å². The molecule has 0 spiro atoms. The molecule has 4 heteroatoms. The lowest BCUT2D eigenvalue weighted by Crippen LogP contribution is -2.21. The summed E-state index contributed by atoms with van der Waals surface area (Å²) in [5.41, 5.74) is 4.63. The summed E-state index contributed by atoms with van der Waals surface area (Å²) in [4.78, 5) is 0. The second kappa shape index (κ2) is 11.9. The van der Waals surface area contributed by atoms with Crippen molar-refractivity contribution in [2.24, 2.45) is 5.92 Å². The Bertz CT molecular complexity index is 797. The summed E-state index contributed by atoms with van der Waals surface area (Å²) in [5, 5.41) is 11.0. The Morgan fingerprint density at radius 1 is 1.16 bits per heavy atom. The maximum Gasteiger partial charge on any atom is 0.147 e. The van der Waals surface area contributed by atoms with Crippen LogP contribution in [0.25, 0.3) is 0 Å². The van der Waals surface area contributed by atoms with Crippen molar-refractivity contribution in [2.75, 3.05) is 13.4 Å². The van der Waals surface area contributed by atoms with Gasteiger partial charge in [0.15, 0.2) is 0 Å². The van der Waals surface area contributed by atoms with Gasteiger partial charge in [0, 0.05) is 5.92 Å². The highest BCUT2D eigenvalue weighted by Crippen LogP contribution is 2.43. The fourth-order valence-corrected chi connectivity index (χ4v) is 4.52. The van der Waals surface area contributed by atoms with Crippen molar-refractivity contribution < 1.29 is 19.3 Å². The third kappa shape index (κ3) is 7.70. The van der Waals surface area contributed by atoms with Crippen LogP contribution >= 0.6 is 0 Å². The van der Waals surface area contributed by atoms with Gasteiger partial charge in [-0.25, -0.2) is 0 Å². The van der Waals surface area contributed by atoms with E-state index in [1.165, 1.54) is 5.57 Å². The topological polar surface area (TPSA) is 51.2 Å². The van der Waals surface area contributed by atoms with Crippen molar-refractivity contribution in [3.05, 3.63) is 71.3 Å². The number of hydrogen-bond donors (Lipinski definition) is 1. The Morgan fingerprint density at radius 3 is 2.66 bits per heavy atom. The van der Waals surface area contributed by atoms with Crippen LogP contribution in [0.5, 0.6) is 0 Å². The van der Waals surface area contributed by atoms with Crippen molar-refractivity contribution in [3.8, 4) is 0 Å². The second-order valence-electron chi connectivity index (χ2n) is 9.65. The zero-order valence-electron chi connectivity index (χ0n) is 20.0. The summed E-state index contributed by atoms with van der Waals surface area (Å²) in [5.74, 6) is 0.0491. The zero-order chi connectivity index (χ0) is 23.0. The largest absolute Gasteiger partial charge is 0.388 e. The number of fused-ring (bicyclic) bond motifs is 1. The molecule has 0 radical (unpaired) electrons. The SMILES string of the molecule is C=C(C)[C@@H]1CC/C(C)=C/CC[C@@]2(C)O[C@@H]2CC/C(COCOCc2ccccc2)=C\[C@H]1O. The van der Waals surface area contributed by atoms with Crippen LogP contribution in [0.2, 0.25) is 0 Å². The smallest absolute Gasteiger partial charge is 0.147 e. The summed E-state index contributed by atoms with van der Waals surface area (Å²) in [6, 6.07) is 10.1. The number of aliphatic hydroxyl groups is 1. The van der Waals surface area contributed by atoms with Crippen LogP contribution in [0, 0.1) is 5.92 Å². The molecule has 0 amide bonds. The highest BCUT2D eigenvalue weighted by molar-refractivity contribution is 5.15. The molecule has 0 bridgehead atoms. The van der Waals surface area contributed by atoms with Crippen LogP contribution in [-0.4, -0.2) is 36.3 Å². The van der Waals surface area contributed by atoms with Crippen molar-refractivity contribution in [1.29, 1.82) is 0 Å². The number of allylic oxidation sites excluding steroid dienone is 2. The van der Waals surface area contributed by atoms with Crippen molar-refractivity contribution >= 4 is 0 Å². The van der Waals surface area contributed by atoms with Crippen LogP contribution in [-0.2, 0) is 20.8 Å². The number of rotatable bonds is 7. The van der Waals surface area contributed by atoms with E-state index in [0.717, 1.165) is 55.2 Å². The van der Waals surface area contributed by atoms with Gasteiger partial charge in [0.25, 0.3) is 0 Å². The first-order chi connectivity index (χ1) is 15.4. The van der Waals surface area contributed by atoms with Crippen LogP contribution in [0.15, 0.2) is 65.8 Å². The average molecular weight is 441 g/mol. The standard InChI is InChI=1S/C28H40O4/c1-21(2)25-14-12-22(3)9-8-16-28(4)27(32-28)15-13-24(17-26(25)29)19-31-20-30-18-23-10-6-5-7-11-23/h5-7,9-11,17,25-27,29H,1,8,12-16,18-20H2,2-4H3/b22-9+,24-17+/t25-,26+,27+,28+/m0/s1. The van der Waals surface area contributed by atoms with E-state index in [4.69, 9.17) is 14.2 Å². The first-order valence-electron chi connectivity index (χ1n) is 11.9. The fraction of sp³-hybridized carbons (Fsp3) is 0.571. The average Bonchev–Trinajstić information content (AvgIpc) is 3.41. The molecule has 1 heterocycles. The lowest BCUT2D eigenvalue weighted by molar-refractivity contribution is -0.0547. The molecule has 1 aliphatic carbocycles. The van der Waals surface area contributed by atoms with Gasteiger partial charge < -0.3 is 19.3 Å². The molecule has 1 aliphatic heterocycles. The summed E-state index contributed by atoms with van der Waals surface area (Å²) < 4.78 is 17.5. The predicted molar refractivity (Wildman–Crippen MR) is 129 cm³/mol. The molecule has 2 aliphatic rings. The number of benzene rings is 1. The molecular weight excluding hydrogens is 400 g/mol. The zero-order valence-corrected chi connectivity index (χ0v) is 20.0. The van der Waals surface area contributed by atoms with Crippen LogP contribution in [0.4, 0.5) is 0 Å². The van der Waals surface area contributed by atoms with E-state index in [1.807, 2.05) is 43.3 Å². The third-order valence-electron chi connectivity index (χ3n) is 6.76. The quantitative estimate of drug-likeness (QED) is 0.240. The molecule has 1 saturated heterocycles. The Hall–Kier alpha value is -1.72. The van der Waals surface area contributed by atoms with Gasteiger partial charge in [-0.05, 0) is 70.4 Å². The third-order valence-corrected chi connectivity index (χ3v) is 6.76. The molecule has 0 unspecified atom stereocenters. The summed E-state index contributed by atoms with van der Waals surface area (Å²) in [6.45, 7) is 11.8. The van der Waals surface area contributed by atoms with Gasteiger partial charge in [0.2, 0.25) is 0 Å². The maximum absolute atomic E-state index is 11.0. The summed E-state index contributed by atoms with van der Waals surface area (Å²) in [7, 11) is 0. The number of epoxide rings is 1. The minimum atomic E-state index is -0.557. The van der Waals surface area contributed by atoms with E-state index in [2.05, 4.69) is 26.5 Å². The maximum atomic E-state index is 11.0. The van der Waals surface area contributed by atoms with Gasteiger partial charge in [-0.1, -0.05) is 60.2 Å². The van der Waals surface area contributed by atoms with E-state index in [-0.39, 0.29) is 24.4 Å². The molecule has 1 aromatic rings. The van der Waals surface area contributed by atoms with Crippen LogP contribution < -0.4 is 0 Å². The van der Waals surface area contributed by atoms with E-state index >= 15 is 0 Å². The molecular formula is C28H40O4. The highest BCUT2D eigenvalue weighted by atomic mass is 16.7. The van der Waals surface area contributed by atoms with Crippen molar-refractivity contribution in [1.82, 2.24) is 0 Å². The second-order valence-corrected chi connectivity index (χ2v) is 9.65. The Kier molecular flexibility index (Phi) is 9.30. The van der Waals surface area contributed by atoms with E-state index in [9.17, 15) is 5.11 Å². The number of aliphatic hydroxyl groups excluding tert-OH is 1. The minimum Gasteiger partial charge on any atom is -0.388 e. The first-order valence-corrected chi connectivity index (χ1v) is 11.9. The van der Waals surface area contributed by atoms with E-state index < -0.39 is 6.10 Å². The lowest BCUT2D eigenvalue weighted by Gasteiger charge is -2.23. The minimum absolute atomic E-state index is 0.00941. The predicted octanol–water partition coefficient (Wildman–Crippen LogP) is 6.11. The Labute approximate surface area is 194 Å². The molecule has 0 saturated carbocycles. The molecule has 4 nitrogen and oxygen atoms in total. The molecule has 4 atom stereocenters. The van der Waals surface area contributed by atoms with Gasteiger partial charge in [-0.3, -0.25) is 0 Å². The van der Waals surface area contributed by atoms with Crippen LogP contribution in [0.1, 0.15) is 64.9 Å². The Balaban J connectivity index is 1.60. The van der Waals surface area contributed by atoms with Crippen LogP contribution in [0.3, 0.4) is 0 Å². The Morgan fingerprint density at radius 2 is 1.91 bits per heavy atom. The monoisotopic (exact) mass is 440 g/mol.